The van der Waals surface area contributed by atoms with E-state index in [1.807, 2.05) is 38.3 Å². The van der Waals surface area contributed by atoms with Crippen molar-refractivity contribution in [2.24, 2.45) is 0 Å². The molecule has 4 nitrogen and oxygen atoms in total. The van der Waals surface area contributed by atoms with Gasteiger partial charge in [0.05, 0.1) is 16.3 Å². The number of thioether (sulfide) groups is 1. The third-order valence-corrected chi connectivity index (χ3v) is 4.45. The fourth-order valence-corrected chi connectivity index (χ4v) is 3.23. The van der Waals surface area contributed by atoms with Gasteiger partial charge in [0.1, 0.15) is 0 Å². The number of rotatable bonds is 5. The van der Waals surface area contributed by atoms with Gasteiger partial charge in [0.25, 0.3) is 5.91 Å². The average Bonchev–Trinajstić information content (AvgIpc) is 2.55. The van der Waals surface area contributed by atoms with Crippen LogP contribution in [0.25, 0.3) is 0 Å². The standard InChI is InChI=1S/C18H18ClNO3S/c1-11-8-12(2)17(14(19)9-11)20-16(21)10-23-18(22)13-6-4-5-7-15(13)24-3/h4-9H,10H2,1-3H3,(H,20,21). The molecule has 1 N–H and O–H groups in total. The molecule has 0 heterocycles. The Morgan fingerprint density at radius 2 is 1.92 bits per heavy atom. The van der Waals surface area contributed by atoms with Crippen molar-refractivity contribution in [3.05, 3.63) is 58.1 Å². The second-order valence-corrected chi connectivity index (χ2v) is 6.52. The van der Waals surface area contributed by atoms with E-state index in [-0.39, 0.29) is 6.61 Å². The van der Waals surface area contributed by atoms with Gasteiger partial charge in [0, 0.05) is 4.90 Å². The molecule has 0 saturated heterocycles. The van der Waals surface area contributed by atoms with E-state index in [0.717, 1.165) is 16.0 Å². The zero-order chi connectivity index (χ0) is 17.7. The Bertz CT molecular complexity index is 754. The van der Waals surface area contributed by atoms with Gasteiger partial charge in [-0.2, -0.15) is 0 Å². The highest BCUT2D eigenvalue weighted by Crippen LogP contribution is 2.27. The fraction of sp³-hybridized carbons (Fsp3) is 0.222. The van der Waals surface area contributed by atoms with E-state index >= 15 is 0 Å². The third-order valence-electron chi connectivity index (χ3n) is 3.36. The van der Waals surface area contributed by atoms with Crippen LogP contribution < -0.4 is 5.32 Å². The Morgan fingerprint density at radius 3 is 2.58 bits per heavy atom. The van der Waals surface area contributed by atoms with Crippen LogP contribution in [0, 0.1) is 13.8 Å². The lowest BCUT2D eigenvalue weighted by Crippen LogP contribution is -2.21. The third kappa shape index (κ3) is 4.52. The molecule has 126 valence electrons. The summed E-state index contributed by atoms with van der Waals surface area (Å²) in [5.74, 6) is -0.958. The van der Waals surface area contributed by atoms with Crippen LogP contribution in [-0.4, -0.2) is 24.7 Å². The summed E-state index contributed by atoms with van der Waals surface area (Å²) in [6.45, 7) is 3.41. The molecule has 0 aliphatic carbocycles. The first kappa shape index (κ1) is 18.4. The van der Waals surface area contributed by atoms with Gasteiger partial charge in [0.2, 0.25) is 0 Å². The molecular weight excluding hydrogens is 346 g/mol. The molecular formula is C18H18ClNO3S. The van der Waals surface area contributed by atoms with E-state index in [4.69, 9.17) is 16.3 Å². The van der Waals surface area contributed by atoms with Gasteiger partial charge in [-0.1, -0.05) is 29.8 Å². The highest BCUT2D eigenvalue weighted by Gasteiger charge is 2.15. The van der Waals surface area contributed by atoms with Crippen LogP contribution in [0.3, 0.4) is 0 Å². The molecule has 2 aromatic rings. The predicted molar refractivity (Wildman–Crippen MR) is 98.1 cm³/mol. The number of hydrogen-bond donors (Lipinski definition) is 1. The number of carbonyl (C=O) groups excluding carboxylic acids is 2. The number of amides is 1. The first-order valence-corrected chi connectivity index (χ1v) is 8.89. The molecule has 0 radical (unpaired) electrons. The molecule has 0 aliphatic heterocycles. The minimum Gasteiger partial charge on any atom is -0.452 e. The number of halogens is 1. The number of carbonyl (C=O) groups is 2. The van der Waals surface area contributed by atoms with Crippen LogP contribution in [0.1, 0.15) is 21.5 Å². The van der Waals surface area contributed by atoms with E-state index < -0.39 is 11.9 Å². The predicted octanol–water partition coefficient (Wildman–Crippen LogP) is 4.47. The number of aryl methyl sites for hydroxylation is 2. The smallest absolute Gasteiger partial charge is 0.339 e. The summed E-state index contributed by atoms with van der Waals surface area (Å²) in [6.07, 6.45) is 1.88. The molecule has 1 amide bonds. The van der Waals surface area contributed by atoms with E-state index in [1.165, 1.54) is 11.8 Å². The maximum Gasteiger partial charge on any atom is 0.339 e. The lowest BCUT2D eigenvalue weighted by molar-refractivity contribution is -0.119. The second kappa shape index (κ2) is 8.22. The van der Waals surface area contributed by atoms with Crippen molar-refractivity contribution in [1.82, 2.24) is 0 Å². The minimum absolute atomic E-state index is 0.370. The van der Waals surface area contributed by atoms with Crippen LogP contribution in [0.5, 0.6) is 0 Å². The van der Waals surface area contributed by atoms with Gasteiger partial charge in [0.15, 0.2) is 6.61 Å². The molecule has 0 fully saturated rings. The van der Waals surface area contributed by atoms with Crippen LogP contribution in [0.2, 0.25) is 5.02 Å². The Morgan fingerprint density at radius 1 is 1.21 bits per heavy atom. The Kier molecular flexibility index (Phi) is 6.29. The van der Waals surface area contributed by atoms with Crippen molar-refractivity contribution >= 4 is 40.9 Å². The lowest BCUT2D eigenvalue weighted by atomic mass is 10.1. The number of benzene rings is 2. The Balaban J connectivity index is 2.00. The molecule has 0 aromatic heterocycles. The quantitative estimate of drug-likeness (QED) is 0.628. The largest absolute Gasteiger partial charge is 0.452 e. The molecule has 24 heavy (non-hydrogen) atoms. The maximum atomic E-state index is 12.1. The van der Waals surface area contributed by atoms with Gasteiger partial charge in [-0.15, -0.1) is 11.8 Å². The molecule has 0 unspecified atom stereocenters. The molecule has 0 aliphatic rings. The summed E-state index contributed by atoms with van der Waals surface area (Å²) in [5.41, 5.74) is 2.85. The van der Waals surface area contributed by atoms with Gasteiger partial charge < -0.3 is 10.1 Å². The highest BCUT2D eigenvalue weighted by molar-refractivity contribution is 7.98. The van der Waals surface area contributed by atoms with E-state index in [1.54, 1.807) is 18.2 Å². The summed E-state index contributed by atoms with van der Waals surface area (Å²) in [5, 5.41) is 3.15. The summed E-state index contributed by atoms with van der Waals surface area (Å²) in [7, 11) is 0. The van der Waals surface area contributed by atoms with Crippen molar-refractivity contribution in [1.29, 1.82) is 0 Å². The average molecular weight is 364 g/mol. The van der Waals surface area contributed by atoms with Crippen molar-refractivity contribution in [2.75, 3.05) is 18.2 Å². The van der Waals surface area contributed by atoms with Crippen molar-refractivity contribution in [2.45, 2.75) is 18.7 Å². The monoisotopic (exact) mass is 363 g/mol. The van der Waals surface area contributed by atoms with Gasteiger partial charge >= 0.3 is 5.97 Å². The zero-order valence-electron chi connectivity index (χ0n) is 13.7. The molecule has 6 heteroatoms. The molecule has 0 atom stereocenters. The fourth-order valence-electron chi connectivity index (χ4n) is 2.27. The van der Waals surface area contributed by atoms with Crippen LogP contribution in [0.15, 0.2) is 41.3 Å². The SMILES string of the molecule is CSc1ccccc1C(=O)OCC(=O)Nc1c(C)cc(C)cc1Cl. The first-order valence-electron chi connectivity index (χ1n) is 7.29. The second-order valence-electron chi connectivity index (χ2n) is 5.26. The highest BCUT2D eigenvalue weighted by atomic mass is 35.5. The molecule has 2 aromatic carbocycles. The lowest BCUT2D eigenvalue weighted by Gasteiger charge is -2.12. The van der Waals surface area contributed by atoms with Crippen molar-refractivity contribution in [3.8, 4) is 0 Å². The molecule has 2 rings (SSSR count). The summed E-state index contributed by atoms with van der Waals surface area (Å²) in [6, 6.07) is 10.8. The van der Waals surface area contributed by atoms with Gasteiger partial charge in [-0.05, 0) is 49.4 Å². The molecule has 0 bridgehead atoms. The summed E-state index contributed by atoms with van der Waals surface area (Å²) >= 11 is 7.60. The zero-order valence-corrected chi connectivity index (χ0v) is 15.3. The van der Waals surface area contributed by atoms with Crippen LogP contribution in [-0.2, 0) is 9.53 Å². The normalized spacial score (nSPS) is 10.3. The van der Waals surface area contributed by atoms with E-state index in [2.05, 4.69) is 5.32 Å². The first-order chi connectivity index (χ1) is 11.4. The summed E-state index contributed by atoms with van der Waals surface area (Å²) < 4.78 is 5.10. The topological polar surface area (TPSA) is 55.4 Å². The van der Waals surface area contributed by atoms with E-state index in [0.29, 0.717) is 16.3 Å². The Labute approximate surface area is 150 Å². The van der Waals surface area contributed by atoms with Crippen LogP contribution >= 0.6 is 23.4 Å². The number of anilines is 1. The van der Waals surface area contributed by atoms with Crippen molar-refractivity contribution in [3.63, 3.8) is 0 Å². The van der Waals surface area contributed by atoms with E-state index in [9.17, 15) is 9.59 Å². The van der Waals surface area contributed by atoms with Gasteiger partial charge in [-0.3, -0.25) is 4.79 Å². The van der Waals surface area contributed by atoms with Gasteiger partial charge in [-0.25, -0.2) is 4.79 Å². The number of ether oxygens (including phenoxy) is 1. The van der Waals surface area contributed by atoms with Crippen molar-refractivity contribution < 1.29 is 14.3 Å². The number of esters is 1. The van der Waals surface area contributed by atoms with Crippen LogP contribution in [0.4, 0.5) is 5.69 Å². The molecule has 0 saturated carbocycles. The summed E-state index contributed by atoms with van der Waals surface area (Å²) in [4.78, 5) is 25.0. The molecule has 0 spiro atoms. The Hall–Kier alpha value is -1.98. The minimum atomic E-state index is -0.526. The maximum absolute atomic E-state index is 12.1. The number of hydrogen-bond acceptors (Lipinski definition) is 4. The number of nitrogens with one attached hydrogen (secondary N) is 1.